The van der Waals surface area contributed by atoms with Gasteiger partial charge in [0.05, 0.1) is 49.1 Å². The van der Waals surface area contributed by atoms with Crippen LogP contribution in [0.5, 0.6) is 17.2 Å². The van der Waals surface area contributed by atoms with Crippen LogP contribution in [-0.4, -0.2) is 61.7 Å². The summed E-state index contributed by atoms with van der Waals surface area (Å²) in [6.45, 7) is -0.467. The summed E-state index contributed by atoms with van der Waals surface area (Å²) in [6.07, 6.45) is -0.138. The molecule has 0 saturated carbocycles. The second kappa shape index (κ2) is 15.6. The van der Waals surface area contributed by atoms with Crippen molar-refractivity contribution in [3.8, 4) is 45.7 Å². The van der Waals surface area contributed by atoms with Crippen LogP contribution in [0.2, 0.25) is 0 Å². The Labute approximate surface area is 303 Å². The van der Waals surface area contributed by atoms with Crippen LogP contribution in [0.3, 0.4) is 0 Å². The average Bonchev–Trinajstić information content (AvgIpc) is 3.47. The number of anilines is 1. The summed E-state index contributed by atoms with van der Waals surface area (Å²) in [5.74, 6) is -0.412. The van der Waals surface area contributed by atoms with Crippen LogP contribution in [0.1, 0.15) is 32.7 Å². The first-order valence-electron chi connectivity index (χ1n) is 16.0. The number of esters is 1. The predicted molar refractivity (Wildman–Crippen MR) is 194 cm³/mol. The molecule has 5 aromatic rings. The number of nitriles is 1. The molecule has 0 bridgehead atoms. The minimum atomic E-state index is -0.883. The van der Waals surface area contributed by atoms with Crippen molar-refractivity contribution in [3.05, 3.63) is 120 Å². The normalized spacial score (nSPS) is 13.7. The molecule has 11 nitrogen and oxygen atoms in total. The number of Topliss-reactive ketones (excluding diaryl/α,β-unsaturated/α-hetero) is 1. The van der Waals surface area contributed by atoms with Crippen LogP contribution in [-0.2, 0) is 14.3 Å². The molecule has 1 aliphatic heterocycles. The van der Waals surface area contributed by atoms with Gasteiger partial charge >= 0.3 is 5.97 Å². The highest BCUT2D eigenvalue weighted by Crippen LogP contribution is 2.42. The molecule has 6 rings (SSSR count). The number of pyridine rings is 1. The predicted octanol–water partition coefficient (Wildman–Crippen LogP) is 6.78. The highest BCUT2D eigenvalue weighted by Gasteiger charge is 2.41. The number of ketones is 1. The van der Waals surface area contributed by atoms with E-state index in [1.165, 1.54) is 38.5 Å². The Hall–Kier alpha value is -6.45. The zero-order chi connectivity index (χ0) is 36.8. The van der Waals surface area contributed by atoms with E-state index in [1.807, 2.05) is 30.3 Å². The molecule has 12 heteroatoms. The van der Waals surface area contributed by atoms with Gasteiger partial charge in [-0.1, -0.05) is 42.1 Å². The SMILES string of the molecule is COc1ccc(C(=O)COC(=O)c2ccc(N3C(=O)CC(Sc4nc(-c5ccccc5)cc(-c5cc(OC)ccc5OC)c4C#N)C3=O)cc2)cc1. The number of rotatable bonds is 12. The number of carbonyl (C=O) groups is 4. The van der Waals surface area contributed by atoms with Crippen LogP contribution in [0.15, 0.2) is 108 Å². The van der Waals surface area contributed by atoms with Crippen molar-refractivity contribution in [1.29, 1.82) is 5.26 Å². The van der Waals surface area contributed by atoms with Crippen molar-refractivity contribution in [2.75, 3.05) is 32.8 Å². The molecule has 0 spiro atoms. The van der Waals surface area contributed by atoms with Gasteiger partial charge in [0.15, 0.2) is 12.4 Å². The Kier molecular flexibility index (Phi) is 10.6. The first-order valence-corrected chi connectivity index (χ1v) is 16.8. The zero-order valence-electron chi connectivity index (χ0n) is 28.3. The van der Waals surface area contributed by atoms with Crippen molar-refractivity contribution in [3.63, 3.8) is 0 Å². The van der Waals surface area contributed by atoms with E-state index in [4.69, 9.17) is 23.9 Å². The van der Waals surface area contributed by atoms with E-state index in [1.54, 1.807) is 55.6 Å². The highest BCUT2D eigenvalue weighted by molar-refractivity contribution is 8.00. The molecule has 0 N–H and O–H groups in total. The largest absolute Gasteiger partial charge is 0.497 e. The Bertz CT molecular complexity index is 2200. The van der Waals surface area contributed by atoms with Crippen LogP contribution in [0.25, 0.3) is 22.4 Å². The number of aromatic nitrogens is 1. The van der Waals surface area contributed by atoms with Gasteiger partial charge in [0.2, 0.25) is 11.8 Å². The standard InChI is InChI=1S/C40H31N3O8S/c1-48-28-15-11-25(12-16-28)34(44)23-51-40(47)26-9-13-27(14-10-26)43-37(45)21-36(39(43)46)52-38-32(22-41)30(20-33(42-38)24-7-5-4-6-8-24)31-19-29(49-2)17-18-35(31)50-3/h4-20,36H,21,23H2,1-3H3. The molecule has 0 aliphatic carbocycles. The Balaban J connectivity index is 1.23. The molecular weight excluding hydrogens is 683 g/mol. The molecule has 1 fully saturated rings. The lowest BCUT2D eigenvalue weighted by atomic mass is 9.98. The van der Waals surface area contributed by atoms with Crippen molar-refractivity contribution in [2.24, 2.45) is 0 Å². The van der Waals surface area contributed by atoms with E-state index in [9.17, 15) is 24.4 Å². The van der Waals surface area contributed by atoms with Crippen LogP contribution >= 0.6 is 11.8 Å². The molecule has 4 aromatic carbocycles. The van der Waals surface area contributed by atoms with E-state index in [0.29, 0.717) is 39.6 Å². The van der Waals surface area contributed by atoms with Gasteiger partial charge in [-0.05, 0) is 72.8 Å². The topological polar surface area (TPSA) is 145 Å². The quantitative estimate of drug-likeness (QED) is 0.0767. The molecule has 52 heavy (non-hydrogen) atoms. The van der Waals surface area contributed by atoms with Gasteiger partial charge in [0, 0.05) is 28.7 Å². The molecule has 2 heterocycles. The Morgan fingerprint density at radius 3 is 2.15 bits per heavy atom. The van der Waals surface area contributed by atoms with Crippen molar-refractivity contribution in [2.45, 2.75) is 16.7 Å². The third-order valence-corrected chi connectivity index (χ3v) is 9.50. The molecule has 1 aliphatic rings. The fourth-order valence-electron chi connectivity index (χ4n) is 5.63. The molecule has 1 aromatic heterocycles. The first kappa shape index (κ1) is 35.4. The van der Waals surface area contributed by atoms with E-state index in [-0.39, 0.29) is 34.0 Å². The molecule has 2 amide bonds. The third kappa shape index (κ3) is 7.35. The van der Waals surface area contributed by atoms with Crippen molar-refractivity contribution in [1.82, 2.24) is 4.98 Å². The molecular formula is C40H31N3O8S. The van der Waals surface area contributed by atoms with Gasteiger partial charge in [0.25, 0.3) is 0 Å². The van der Waals surface area contributed by atoms with Gasteiger partial charge in [-0.25, -0.2) is 14.7 Å². The van der Waals surface area contributed by atoms with E-state index in [0.717, 1.165) is 22.2 Å². The molecule has 260 valence electrons. The number of carbonyl (C=O) groups excluding carboxylic acids is 4. The number of imide groups is 1. The van der Waals surface area contributed by atoms with E-state index < -0.39 is 29.6 Å². The number of thioether (sulfide) groups is 1. The Morgan fingerprint density at radius 1 is 0.827 bits per heavy atom. The van der Waals surface area contributed by atoms with Crippen molar-refractivity contribution < 1.29 is 38.1 Å². The van der Waals surface area contributed by atoms with E-state index in [2.05, 4.69) is 6.07 Å². The number of methoxy groups -OCH3 is 3. The lowest BCUT2D eigenvalue weighted by molar-refractivity contribution is -0.121. The third-order valence-electron chi connectivity index (χ3n) is 8.33. The fourth-order valence-corrected chi connectivity index (χ4v) is 6.76. The van der Waals surface area contributed by atoms with Gasteiger partial charge in [0.1, 0.15) is 28.3 Å². The lowest BCUT2D eigenvalue weighted by Gasteiger charge is -2.17. The maximum atomic E-state index is 13.8. The number of ether oxygens (including phenoxy) is 4. The first-order chi connectivity index (χ1) is 25.2. The summed E-state index contributed by atoms with van der Waals surface area (Å²) in [7, 11) is 4.59. The molecule has 0 radical (unpaired) electrons. The summed E-state index contributed by atoms with van der Waals surface area (Å²) in [5, 5.41) is 9.85. The van der Waals surface area contributed by atoms with Crippen molar-refractivity contribution >= 4 is 41.0 Å². The van der Waals surface area contributed by atoms with Crippen LogP contribution < -0.4 is 19.1 Å². The summed E-state index contributed by atoms with van der Waals surface area (Å²) in [5.41, 5.74) is 3.44. The van der Waals surface area contributed by atoms with Gasteiger partial charge < -0.3 is 18.9 Å². The Morgan fingerprint density at radius 2 is 1.50 bits per heavy atom. The average molecular weight is 714 g/mol. The number of benzene rings is 4. The molecule has 1 saturated heterocycles. The summed E-state index contributed by atoms with van der Waals surface area (Å²) >= 11 is 1.04. The lowest BCUT2D eigenvalue weighted by Crippen LogP contribution is -2.31. The maximum absolute atomic E-state index is 13.8. The summed E-state index contributed by atoms with van der Waals surface area (Å²) in [6, 6.07) is 30.9. The summed E-state index contributed by atoms with van der Waals surface area (Å²) in [4.78, 5) is 58.1. The number of hydrogen-bond donors (Lipinski definition) is 0. The smallest absolute Gasteiger partial charge is 0.338 e. The number of nitrogens with zero attached hydrogens (tertiary/aromatic N) is 3. The zero-order valence-corrected chi connectivity index (χ0v) is 29.1. The second-order valence-corrected chi connectivity index (χ2v) is 12.6. The number of hydrogen-bond acceptors (Lipinski definition) is 11. The van der Waals surface area contributed by atoms with Crippen LogP contribution in [0.4, 0.5) is 5.69 Å². The van der Waals surface area contributed by atoms with Gasteiger partial charge in [-0.3, -0.25) is 14.4 Å². The minimum Gasteiger partial charge on any atom is -0.497 e. The molecule has 1 unspecified atom stereocenters. The number of amides is 2. The van der Waals surface area contributed by atoms with Crippen LogP contribution in [0, 0.1) is 11.3 Å². The van der Waals surface area contributed by atoms with Gasteiger partial charge in [-0.2, -0.15) is 5.26 Å². The van der Waals surface area contributed by atoms with E-state index >= 15 is 0 Å². The molecule has 1 atom stereocenters. The summed E-state index contributed by atoms with van der Waals surface area (Å²) < 4.78 is 21.4. The maximum Gasteiger partial charge on any atom is 0.338 e. The minimum absolute atomic E-state index is 0.136. The second-order valence-electron chi connectivity index (χ2n) is 11.4. The van der Waals surface area contributed by atoms with Gasteiger partial charge in [-0.15, -0.1) is 0 Å². The monoisotopic (exact) mass is 713 g/mol. The highest BCUT2D eigenvalue weighted by atomic mass is 32.2. The fraction of sp³-hybridized carbons (Fsp3) is 0.150.